The van der Waals surface area contributed by atoms with Crippen LogP contribution in [0.15, 0.2) is 46.9 Å². The summed E-state index contributed by atoms with van der Waals surface area (Å²) in [6.07, 6.45) is 0. The van der Waals surface area contributed by atoms with E-state index in [9.17, 15) is 4.39 Å². The largest absolute Gasteiger partial charge is 0.384 e. The summed E-state index contributed by atoms with van der Waals surface area (Å²) in [5, 5.41) is 7.25. The lowest BCUT2D eigenvalue weighted by atomic mass is 10.1. The molecule has 0 amide bonds. The Morgan fingerprint density at radius 2 is 2.00 bits per heavy atom. The van der Waals surface area contributed by atoms with Gasteiger partial charge in [-0.15, -0.1) is 0 Å². The molecule has 0 aliphatic heterocycles. The van der Waals surface area contributed by atoms with Crippen LogP contribution in [-0.4, -0.2) is 5.84 Å². The number of hydrogen-bond acceptors (Lipinski definition) is 2. The van der Waals surface area contributed by atoms with Crippen LogP contribution in [0.2, 0.25) is 0 Å². The van der Waals surface area contributed by atoms with Gasteiger partial charge in [0.25, 0.3) is 0 Å². The first-order valence-electron chi connectivity index (χ1n) is 6.01. The van der Waals surface area contributed by atoms with Gasteiger partial charge in [0.15, 0.2) is 0 Å². The van der Waals surface area contributed by atoms with Gasteiger partial charge in [0, 0.05) is 15.6 Å². The molecule has 0 heterocycles. The van der Waals surface area contributed by atoms with Crippen molar-refractivity contribution in [2.24, 2.45) is 5.73 Å². The van der Waals surface area contributed by atoms with Gasteiger partial charge in [-0.25, -0.2) is 4.39 Å². The summed E-state index contributed by atoms with van der Waals surface area (Å²) in [4.78, 5) is 0. The van der Waals surface area contributed by atoms with E-state index in [2.05, 4.69) is 15.9 Å². The number of hydrogen-bond donors (Lipinski definition) is 2. The predicted octanol–water partition coefficient (Wildman–Crippen LogP) is 3.59. The lowest BCUT2D eigenvalue weighted by molar-refractivity contribution is 0.105. The van der Waals surface area contributed by atoms with Gasteiger partial charge in [0.2, 0.25) is 0 Å². The summed E-state index contributed by atoms with van der Waals surface area (Å²) in [6, 6.07) is 12.2. The number of halogens is 2. The maximum Gasteiger partial charge on any atom is 0.129 e. The van der Waals surface area contributed by atoms with Crippen molar-refractivity contribution in [1.82, 2.24) is 0 Å². The monoisotopic (exact) mass is 336 g/mol. The highest BCUT2D eigenvalue weighted by Gasteiger charge is 2.05. The fourth-order valence-electron chi connectivity index (χ4n) is 1.74. The van der Waals surface area contributed by atoms with Crippen LogP contribution in [0, 0.1) is 11.2 Å². The topological polar surface area (TPSA) is 59.1 Å². The average Bonchev–Trinajstić information content (AvgIpc) is 2.40. The lowest BCUT2D eigenvalue weighted by Crippen LogP contribution is -2.11. The van der Waals surface area contributed by atoms with Crippen LogP contribution in [0.1, 0.15) is 16.7 Å². The van der Waals surface area contributed by atoms with Gasteiger partial charge in [0.05, 0.1) is 13.2 Å². The van der Waals surface area contributed by atoms with Crippen LogP contribution >= 0.6 is 15.9 Å². The van der Waals surface area contributed by atoms with Crippen LogP contribution in [0.5, 0.6) is 0 Å². The Morgan fingerprint density at radius 1 is 1.20 bits per heavy atom. The number of nitrogen functional groups attached to an aromatic ring is 1. The van der Waals surface area contributed by atoms with Crippen molar-refractivity contribution in [2.75, 3.05) is 0 Å². The molecule has 5 heteroatoms. The first-order chi connectivity index (χ1) is 9.56. The highest BCUT2D eigenvalue weighted by molar-refractivity contribution is 9.10. The van der Waals surface area contributed by atoms with Crippen LogP contribution in [0.4, 0.5) is 4.39 Å². The van der Waals surface area contributed by atoms with E-state index in [1.54, 1.807) is 12.1 Å². The third-order valence-electron chi connectivity index (χ3n) is 2.78. The molecule has 0 bridgehead atoms. The average molecular weight is 337 g/mol. The zero-order valence-corrected chi connectivity index (χ0v) is 12.3. The molecule has 0 atom stereocenters. The van der Waals surface area contributed by atoms with E-state index in [4.69, 9.17) is 15.9 Å². The van der Waals surface area contributed by atoms with Crippen LogP contribution in [-0.2, 0) is 18.0 Å². The van der Waals surface area contributed by atoms with Crippen molar-refractivity contribution in [2.45, 2.75) is 13.2 Å². The molecule has 3 N–H and O–H groups in total. The van der Waals surface area contributed by atoms with Crippen molar-refractivity contribution >= 4 is 21.8 Å². The molecular weight excluding hydrogens is 323 g/mol. The summed E-state index contributed by atoms with van der Waals surface area (Å²) in [5.41, 5.74) is 7.14. The molecule has 104 valence electrons. The van der Waals surface area contributed by atoms with Crippen molar-refractivity contribution in [3.63, 3.8) is 0 Å². The van der Waals surface area contributed by atoms with Crippen molar-refractivity contribution in [3.05, 3.63) is 69.4 Å². The van der Waals surface area contributed by atoms with Gasteiger partial charge >= 0.3 is 0 Å². The second kappa shape index (κ2) is 6.63. The van der Waals surface area contributed by atoms with Gasteiger partial charge < -0.3 is 10.5 Å². The van der Waals surface area contributed by atoms with Gasteiger partial charge in [-0.2, -0.15) is 0 Å². The molecule has 0 saturated carbocycles. The molecule has 3 nitrogen and oxygen atoms in total. The normalized spacial score (nSPS) is 10.5. The van der Waals surface area contributed by atoms with Gasteiger partial charge in [-0.3, -0.25) is 5.41 Å². The molecule has 2 aromatic rings. The van der Waals surface area contributed by atoms with E-state index in [-0.39, 0.29) is 12.4 Å². The van der Waals surface area contributed by atoms with Crippen LogP contribution in [0.25, 0.3) is 0 Å². The van der Waals surface area contributed by atoms with E-state index in [1.165, 1.54) is 6.07 Å². The zero-order chi connectivity index (χ0) is 14.5. The highest BCUT2D eigenvalue weighted by Crippen LogP contribution is 2.15. The van der Waals surface area contributed by atoms with E-state index < -0.39 is 5.82 Å². The Bertz CT molecular complexity index is 631. The van der Waals surface area contributed by atoms with Crippen LogP contribution in [0.3, 0.4) is 0 Å². The number of rotatable bonds is 5. The molecule has 2 rings (SSSR count). The summed E-state index contributed by atoms with van der Waals surface area (Å²) < 4.78 is 20.2. The zero-order valence-electron chi connectivity index (χ0n) is 10.7. The molecule has 2 aromatic carbocycles. The third-order valence-corrected chi connectivity index (χ3v) is 3.27. The lowest BCUT2D eigenvalue weighted by Gasteiger charge is -2.07. The SMILES string of the molecule is N=C(N)c1ccc(COCc2cccc(Br)c2)c(F)c1. The minimum Gasteiger partial charge on any atom is -0.384 e. The van der Waals surface area contributed by atoms with Crippen molar-refractivity contribution in [1.29, 1.82) is 5.41 Å². The van der Waals surface area contributed by atoms with E-state index in [1.807, 2.05) is 24.3 Å². The van der Waals surface area contributed by atoms with Crippen molar-refractivity contribution < 1.29 is 9.13 Å². The molecule has 0 fully saturated rings. The Morgan fingerprint density at radius 3 is 2.65 bits per heavy atom. The molecule has 0 radical (unpaired) electrons. The molecule has 20 heavy (non-hydrogen) atoms. The smallest absolute Gasteiger partial charge is 0.129 e. The quantitative estimate of drug-likeness (QED) is 0.647. The van der Waals surface area contributed by atoms with Crippen LogP contribution < -0.4 is 5.73 Å². The Hall–Kier alpha value is -1.72. The fourth-order valence-corrected chi connectivity index (χ4v) is 2.18. The number of nitrogens with two attached hydrogens (primary N) is 1. The van der Waals surface area contributed by atoms with E-state index >= 15 is 0 Å². The summed E-state index contributed by atoms with van der Waals surface area (Å²) in [6.45, 7) is 0.587. The highest BCUT2D eigenvalue weighted by atomic mass is 79.9. The predicted molar refractivity (Wildman–Crippen MR) is 80.1 cm³/mol. The fraction of sp³-hybridized carbons (Fsp3) is 0.133. The van der Waals surface area contributed by atoms with Crippen molar-refractivity contribution in [3.8, 4) is 0 Å². The molecule has 0 unspecified atom stereocenters. The third kappa shape index (κ3) is 3.88. The Kier molecular flexibility index (Phi) is 4.87. The minimum absolute atomic E-state index is 0.148. The first-order valence-corrected chi connectivity index (χ1v) is 6.80. The van der Waals surface area contributed by atoms with E-state index in [0.717, 1.165) is 10.0 Å². The molecule has 0 aliphatic rings. The number of amidine groups is 1. The number of nitrogens with one attached hydrogen (secondary N) is 1. The second-order valence-corrected chi connectivity index (χ2v) is 5.26. The standard InChI is InChI=1S/C15H14BrFN2O/c16-13-3-1-2-10(6-13)8-20-9-12-5-4-11(15(18)19)7-14(12)17/h1-7H,8-9H2,(H3,18,19). The first kappa shape index (κ1) is 14.7. The number of benzene rings is 2. The van der Waals surface area contributed by atoms with Gasteiger partial charge in [-0.1, -0.05) is 40.2 Å². The number of ether oxygens (including phenoxy) is 1. The molecule has 0 saturated heterocycles. The van der Waals surface area contributed by atoms with E-state index in [0.29, 0.717) is 17.7 Å². The summed E-state index contributed by atoms with van der Waals surface area (Å²) in [5.74, 6) is -0.558. The molecule has 0 aliphatic carbocycles. The molecular formula is C15H14BrFN2O. The Labute approximate surface area is 125 Å². The minimum atomic E-state index is -0.410. The molecule has 0 spiro atoms. The van der Waals surface area contributed by atoms with Gasteiger partial charge in [-0.05, 0) is 23.8 Å². The summed E-state index contributed by atoms with van der Waals surface area (Å²) >= 11 is 3.38. The maximum absolute atomic E-state index is 13.8. The second-order valence-electron chi connectivity index (χ2n) is 4.34. The van der Waals surface area contributed by atoms with Gasteiger partial charge in [0.1, 0.15) is 11.7 Å². The summed E-state index contributed by atoms with van der Waals surface area (Å²) in [7, 11) is 0. The molecule has 0 aromatic heterocycles. The maximum atomic E-state index is 13.8. The Balaban J connectivity index is 1.96.